The first-order valence-corrected chi connectivity index (χ1v) is 4.68. The van der Waals surface area contributed by atoms with E-state index in [1.54, 1.807) is 19.2 Å². The highest BCUT2D eigenvalue weighted by Crippen LogP contribution is 2.23. The molecule has 0 bridgehead atoms. The molecule has 0 aromatic heterocycles. The van der Waals surface area contributed by atoms with Crippen LogP contribution >= 0.6 is 0 Å². The molecule has 0 spiro atoms. The highest BCUT2D eigenvalue weighted by Gasteiger charge is 2.30. The summed E-state index contributed by atoms with van der Waals surface area (Å²) in [6.45, 7) is 0.657. The number of hydrogen-bond donors (Lipinski definition) is 1. The Kier molecular flexibility index (Phi) is 4.37. The third-order valence-corrected chi connectivity index (χ3v) is 1.72. The Morgan fingerprint density at radius 1 is 1.38 bits per heavy atom. The minimum absolute atomic E-state index is 0.209. The maximum Gasteiger partial charge on any atom is 0.573 e. The van der Waals surface area contributed by atoms with Gasteiger partial charge in [0.05, 0.1) is 0 Å². The molecule has 0 atom stereocenters. The second-order valence-corrected chi connectivity index (χ2v) is 3.08. The fraction of sp³-hybridized carbons (Fsp3) is 0.273. The van der Waals surface area contributed by atoms with Crippen LogP contribution in [0.4, 0.5) is 13.2 Å². The van der Waals surface area contributed by atoms with Gasteiger partial charge in [-0.15, -0.1) is 13.2 Å². The lowest BCUT2D eigenvalue weighted by atomic mass is 10.2. The van der Waals surface area contributed by atoms with Gasteiger partial charge in [0.15, 0.2) is 0 Å². The van der Waals surface area contributed by atoms with Crippen LogP contribution in [0.15, 0.2) is 30.3 Å². The molecule has 0 aliphatic rings. The van der Waals surface area contributed by atoms with E-state index in [9.17, 15) is 13.2 Å². The van der Waals surface area contributed by atoms with Crippen molar-refractivity contribution in [3.63, 3.8) is 0 Å². The fourth-order valence-corrected chi connectivity index (χ4v) is 1.13. The maximum atomic E-state index is 11.9. The van der Waals surface area contributed by atoms with Crippen LogP contribution in [-0.2, 0) is 0 Å². The van der Waals surface area contributed by atoms with E-state index in [2.05, 4.69) is 10.1 Å². The maximum absolute atomic E-state index is 11.9. The van der Waals surface area contributed by atoms with Crippen LogP contribution < -0.4 is 10.1 Å². The average molecular weight is 231 g/mol. The molecule has 0 amide bonds. The normalized spacial score (nSPS) is 12.0. The van der Waals surface area contributed by atoms with Crippen molar-refractivity contribution in [1.29, 1.82) is 0 Å². The van der Waals surface area contributed by atoms with Crippen LogP contribution in [0.2, 0.25) is 0 Å². The van der Waals surface area contributed by atoms with Gasteiger partial charge in [-0.05, 0) is 24.7 Å². The van der Waals surface area contributed by atoms with E-state index in [0.717, 1.165) is 0 Å². The number of ether oxygens (including phenoxy) is 1. The third kappa shape index (κ3) is 4.84. The monoisotopic (exact) mass is 231 g/mol. The summed E-state index contributed by atoms with van der Waals surface area (Å²) >= 11 is 0. The van der Waals surface area contributed by atoms with Gasteiger partial charge in [-0.3, -0.25) is 0 Å². The van der Waals surface area contributed by atoms with Gasteiger partial charge in [-0.2, -0.15) is 0 Å². The molecule has 88 valence electrons. The van der Waals surface area contributed by atoms with Gasteiger partial charge in [0.2, 0.25) is 0 Å². The Morgan fingerprint density at radius 2 is 2.12 bits per heavy atom. The Balaban J connectivity index is 2.71. The molecular formula is C11H12F3NO. The molecule has 1 N–H and O–H groups in total. The smallest absolute Gasteiger partial charge is 0.406 e. The van der Waals surface area contributed by atoms with Crippen molar-refractivity contribution >= 4 is 6.08 Å². The second-order valence-electron chi connectivity index (χ2n) is 3.08. The number of benzene rings is 1. The van der Waals surface area contributed by atoms with Crippen molar-refractivity contribution in [2.24, 2.45) is 0 Å². The summed E-state index contributed by atoms with van der Waals surface area (Å²) < 4.78 is 39.6. The first-order valence-electron chi connectivity index (χ1n) is 4.68. The molecular weight excluding hydrogens is 219 g/mol. The van der Waals surface area contributed by atoms with Crippen LogP contribution in [0.1, 0.15) is 5.56 Å². The average Bonchev–Trinajstić information content (AvgIpc) is 2.16. The SMILES string of the molecule is CNCC=Cc1cccc(OC(F)(F)F)c1. The number of halogens is 3. The lowest BCUT2D eigenvalue weighted by Crippen LogP contribution is -2.17. The van der Waals surface area contributed by atoms with Gasteiger partial charge >= 0.3 is 6.36 Å². The minimum atomic E-state index is -4.65. The van der Waals surface area contributed by atoms with Crippen molar-refractivity contribution in [3.05, 3.63) is 35.9 Å². The molecule has 0 unspecified atom stereocenters. The van der Waals surface area contributed by atoms with Gasteiger partial charge < -0.3 is 10.1 Å². The molecule has 5 heteroatoms. The summed E-state index contributed by atoms with van der Waals surface area (Å²) in [4.78, 5) is 0. The quantitative estimate of drug-likeness (QED) is 0.860. The summed E-state index contributed by atoms with van der Waals surface area (Å²) in [6, 6.07) is 5.82. The van der Waals surface area contributed by atoms with Crippen LogP contribution in [0.3, 0.4) is 0 Å². The van der Waals surface area contributed by atoms with Crippen LogP contribution in [-0.4, -0.2) is 20.0 Å². The number of hydrogen-bond acceptors (Lipinski definition) is 2. The molecule has 16 heavy (non-hydrogen) atoms. The molecule has 1 aromatic carbocycles. The lowest BCUT2D eigenvalue weighted by Gasteiger charge is -2.08. The molecule has 1 rings (SSSR count). The topological polar surface area (TPSA) is 21.3 Å². The van der Waals surface area contributed by atoms with Crippen molar-refractivity contribution in [2.45, 2.75) is 6.36 Å². The van der Waals surface area contributed by atoms with E-state index >= 15 is 0 Å². The number of likely N-dealkylation sites (N-methyl/N-ethyl adjacent to an activating group) is 1. The number of alkyl halides is 3. The Bertz CT molecular complexity index is 360. The zero-order chi connectivity index (χ0) is 12.0. The first-order chi connectivity index (χ1) is 7.51. The lowest BCUT2D eigenvalue weighted by molar-refractivity contribution is -0.274. The van der Waals surface area contributed by atoms with Crippen molar-refractivity contribution in [3.8, 4) is 5.75 Å². The molecule has 0 saturated heterocycles. The van der Waals surface area contributed by atoms with Crippen molar-refractivity contribution < 1.29 is 17.9 Å². The number of nitrogens with one attached hydrogen (secondary N) is 1. The molecule has 1 aromatic rings. The summed E-state index contributed by atoms with van der Waals surface area (Å²) in [6.07, 6.45) is -1.11. The molecule has 0 radical (unpaired) electrons. The van der Waals surface area contributed by atoms with Gasteiger partial charge in [0, 0.05) is 6.54 Å². The summed E-state index contributed by atoms with van der Waals surface area (Å²) in [5.74, 6) is -0.209. The number of rotatable bonds is 4. The molecule has 0 aliphatic heterocycles. The molecule has 0 fully saturated rings. The second kappa shape index (κ2) is 5.55. The van der Waals surface area contributed by atoms with Crippen LogP contribution in [0.25, 0.3) is 6.08 Å². The van der Waals surface area contributed by atoms with E-state index in [4.69, 9.17) is 0 Å². The molecule has 2 nitrogen and oxygen atoms in total. The van der Waals surface area contributed by atoms with Gasteiger partial charge in [-0.1, -0.05) is 24.3 Å². The van der Waals surface area contributed by atoms with Crippen molar-refractivity contribution in [2.75, 3.05) is 13.6 Å². The van der Waals surface area contributed by atoms with E-state index < -0.39 is 6.36 Å². The van der Waals surface area contributed by atoms with E-state index in [1.807, 2.05) is 6.08 Å². The Morgan fingerprint density at radius 3 is 2.75 bits per heavy atom. The summed E-state index contributed by atoms with van der Waals surface area (Å²) in [5, 5.41) is 2.89. The summed E-state index contributed by atoms with van der Waals surface area (Å²) in [7, 11) is 1.79. The fourth-order valence-electron chi connectivity index (χ4n) is 1.13. The first kappa shape index (κ1) is 12.6. The van der Waals surface area contributed by atoms with Crippen molar-refractivity contribution in [1.82, 2.24) is 5.32 Å². The Hall–Kier alpha value is -1.49. The molecule has 0 aliphatic carbocycles. The van der Waals surface area contributed by atoms with E-state index in [1.165, 1.54) is 18.2 Å². The predicted molar refractivity (Wildman–Crippen MR) is 56.1 cm³/mol. The van der Waals surface area contributed by atoms with E-state index in [0.29, 0.717) is 12.1 Å². The molecule has 0 saturated carbocycles. The third-order valence-electron chi connectivity index (χ3n) is 1.72. The largest absolute Gasteiger partial charge is 0.573 e. The predicted octanol–water partition coefficient (Wildman–Crippen LogP) is 2.82. The minimum Gasteiger partial charge on any atom is -0.406 e. The Labute approximate surface area is 91.7 Å². The zero-order valence-electron chi connectivity index (χ0n) is 8.71. The summed E-state index contributed by atoms with van der Waals surface area (Å²) in [5.41, 5.74) is 0.664. The van der Waals surface area contributed by atoms with Crippen LogP contribution in [0, 0.1) is 0 Å². The van der Waals surface area contributed by atoms with Gasteiger partial charge in [0.25, 0.3) is 0 Å². The standard InChI is InChI=1S/C11H12F3NO/c1-15-7-3-5-9-4-2-6-10(8-9)16-11(12,13)14/h2-6,8,15H,7H2,1H3. The van der Waals surface area contributed by atoms with Gasteiger partial charge in [0.1, 0.15) is 5.75 Å². The molecule has 0 heterocycles. The zero-order valence-corrected chi connectivity index (χ0v) is 8.71. The van der Waals surface area contributed by atoms with Gasteiger partial charge in [-0.25, -0.2) is 0 Å². The van der Waals surface area contributed by atoms with Crippen LogP contribution in [0.5, 0.6) is 5.75 Å². The highest BCUT2D eigenvalue weighted by atomic mass is 19.4. The van der Waals surface area contributed by atoms with E-state index in [-0.39, 0.29) is 5.75 Å². The highest BCUT2D eigenvalue weighted by molar-refractivity contribution is 5.51.